The van der Waals surface area contributed by atoms with Crippen LogP contribution in [0.1, 0.15) is 81.4 Å². The number of amides is 4. The number of nitrogens with one attached hydrogen (secondary N) is 3. The summed E-state index contributed by atoms with van der Waals surface area (Å²) in [5.74, 6) is -2.06. The Kier molecular flexibility index (Phi) is 11.5. The van der Waals surface area contributed by atoms with Gasteiger partial charge in [0.25, 0.3) is 5.91 Å². The largest absolute Gasteiger partial charge is 0.344 e. The highest BCUT2D eigenvalue weighted by Gasteiger charge is 2.33. The molecule has 0 spiro atoms. The van der Waals surface area contributed by atoms with Crippen LogP contribution in [0.25, 0.3) is 0 Å². The second kappa shape index (κ2) is 15.3. The lowest BCUT2D eigenvalue weighted by atomic mass is 9.83. The van der Waals surface area contributed by atoms with Crippen molar-refractivity contribution in [2.24, 2.45) is 5.92 Å². The lowest BCUT2D eigenvalue weighted by Crippen LogP contribution is -2.54. The Morgan fingerprint density at radius 2 is 1.70 bits per heavy atom. The molecule has 11 nitrogen and oxygen atoms in total. The maximum atomic E-state index is 15.4. The van der Waals surface area contributed by atoms with Crippen LogP contribution >= 0.6 is 0 Å². The van der Waals surface area contributed by atoms with E-state index < -0.39 is 29.7 Å². The number of likely N-dealkylation sites (N-methyl/N-ethyl adjacent to an activating group) is 1. The third-order valence-electron chi connectivity index (χ3n) is 8.58. The smallest absolute Gasteiger partial charge is 0.270 e. The molecule has 0 unspecified atom stereocenters. The Bertz CT molecular complexity index is 1320. The summed E-state index contributed by atoms with van der Waals surface area (Å²) in [5.41, 5.74) is 0.865. The predicted octanol–water partition coefficient (Wildman–Crippen LogP) is 3.13. The third-order valence-corrected chi connectivity index (χ3v) is 8.58. The molecule has 1 saturated carbocycles. The van der Waals surface area contributed by atoms with Crippen molar-refractivity contribution in [2.45, 2.75) is 83.8 Å². The van der Waals surface area contributed by atoms with E-state index in [-0.39, 0.29) is 42.3 Å². The zero-order chi connectivity index (χ0) is 31.8. The van der Waals surface area contributed by atoms with E-state index in [1.54, 1.807) is 34.8 Å². The summed E-state index contributed by atoms with van der Waals surface area (Å²) in [6.45, 7) is 8.16. The van der Waals surface area contributed by atoms with E-state index >= 15 is 4.39 Å². The van der Waals surface area contributed by atoms with E-state index in [9.17, 15) is 19.2 Å². The van der Waals surface area contributed by atoms with Crippen molar-refractivity contribution < 1.29 is 23.6 Å². The van der Waals surface area contributed by atoms with E-state index in [1.165, 1.54) is 12.1 Å². The van der Waals surface area contributed by atoms with Crippen molar-refractivity contribution in [2.75, 3.05) is 38.5 Å². The first-order valence-electron chi connectivity index (χ1n) is 15.8. The van der Waals surface area contributed by atoms with Gasteiger partial charge in [-0.25, -0.2) is 4.39 Å². The van der Waals surface area contributed by atoms with Crippen LogP contribution in [0, 0.1) is 11.7 Å². The first-order valence-corrected chi connectivity index (χ1v) is 15.8. The van der Waals surface area contributed by atoms with Gasteiger partial charge in [0.2, 0.25) is 17.7 Å². The fourth-order valence-electron chi connectivity index (χ4n) is 5.96. The SMILES string of the molecule is CCC(=O)N[C@H](Cc1ccc(NC(=O)[C@@H](NC(=O)c2ccnn2C(C)C)C2CCCCC2)c(F)c1)C(=O)N1CCN(C)CC1. The van der Waals surface area contributed by atoms with Crippen LogP contribution < -0.4 is 16.0 Å². The predicted molar refractivity (Wildman–Crippen MR) is 165 cm³/mol. The normalized spacial score (nSPS) is 17.6. The highest BCUT2D eigenvalue weighted by molar-refractivity contribution is 6.00. The molecule has 2 heterocycles. The number of benzene rings is 1. The minimum Gasteiger partial charge on any atom is -0.344 e. The number of nitrogens with zero attached hydrogens (tertiary/aromatic N) is 4. The van der Waals surface area contributed by atoms with Crippen LogP contribution in [-0.2, 0) is 20.8 Å². The zero-order valence-corrected chi connectivity index (χ0v) is 26.3. The Balaban J connectivity index is 1.48. The lowest BCUT2D eigenvalue weighted by molar-refractivity contribution is -0.137. The molecular formula is C32H46FN7O4. The molecule has 4 amide bonds. The fraction of sp³-hybridized carbons (Fsp3) is 0.594. The number of carbonyl (C=O) groups is 4. The standard InChI is InChI=1S/C32H46FN7O4/c1-5-28(41)35-26(32(44)39-17-15-38(4)16-18-39)20-22-11-12-25(24(33)19-22)36-31(43)29(23-9-7-6-8-10-23)37-30(42)27-13-14-34-40(27)21(2)3/h11-14,19,21,23,26,29H,5-10,15-18,20H2,1-4H3,(H,35,41)(H,36,43)(H,37,42)/t26-,29+/m1/s1. The maximum absolute atomic E-state index is 15.4. The summed E-state index contributed by atoms with van der Waals surface area (Å²) in [5, 5.41) is 12.6. The molecule has 12 heteroatoms. The third kappa shape index (κ3) is 8.43. The molecule has 4 rings (SSSR count). The minimum absolute atomic E-state index is 0.0134. The number of hydrogen-bond donors (Lipinski definition) is 3. The number of aromatic nitrogens is 2. The van der Waals surface area contributed by atoms with Crippen LogP contribution in [0.2, 0.25) is 0 Å². The fourth-order valence-corrected chi connectivity index (χ4v) is 5.96. The summed E-state index contributed by atoms with van der Waals surface area (Å²) >= 11 is 0. The Labute approximate surface area is 258 Å². The number of rotatable bonds is 11. The van der Waals surface area contributed by atoms with Crippen molar-refractivity contribution in [3.63, 3.8) is 0 Å². The molecule has 44 heavy (non-hydrogen) atoms. The highest BCUT2D eigenvalue weighted by Crippen LogP contribution is 2.28. The summed E-state index contributed by atoms with van der Waals surface area (Å²) in [4.78, 5) is 56.3. The molecule has 3 N–H and O–H groups in total. The Morgan fingerprint density at radius 1 is 1.00 bits per heavy atom. The molecule has 2 atom stereocenters. The highest BCUT2D eigenvalue weighted by atomic mass is 19.1. The zero-order valence-electron chi connectivity index (χ0n) is 26.3. The van der Waals surface area contributed by atoms with Crippen LogP contribution in [0.3, 0.4) is 0 Å². The van der Waals surface area contributed by atoms with Gasteiger partial charge < -0.3 is 25.8 Å². The Morgan fingerprint density at radius 3 is 2.34 bits per heavy atom. The second-order valence-electron chi connectivity index (χ2n) is 12.2. The van der Waals surface area contributed by atoms with Gasteiger partial charge in [-0.15, -0.1) is 0 Å². The van der Waals surface area contributed by atoms with Crippen LogP contribution in [-0.4, -0.2) is 88.5 Å². The topological polar surface area (TPSA) is 129 Å². The van der Waals surface area contributed by atoms with Gasteiger partial charge in [-0.05, 0) is 63.4 Å². The van der Waals surface area contributed by atoms with Gasteiger partial charge in [0, 0.05) is 51.3 Å². The molecule has 240 valence electrons. The van der Waals surface area contributed by atoms with E-state index in [2.05, 4.69) is 25.9 Å². The lowest BCUT2D eigenvalue weighted by Gasteiger charge is -2.34. The molecule has 1 aliphatic heterocycles. The average molecular weight is 612 g/mol. The van der Waals surface area contributed by atoms with Crippen LogP contribution in [0.15, 0.2) is 30.5 Å². The van der Waals surface area contributed by atoms with Crippen molar-refractivity contribution in [1.29, 1.82) is 0 Å². The molecule has 2 aliphatic rings. The van der Waals surface area contributed by atoms with Crippen molar-refractivity contribution in [3.8, 4) is 0 Å². The number of hydrogen-bond acceptors (Lipinski definition) is 6. The molecule has 2 aromatic rings. The summed E-state index contributed by atoms with van der Waals surface area (Å²) in [6, 6.07) is 4.32. The van der Waals surface area contributed by atoms with Crippen LogP contribution in [0.5, 0.6) is 0 Å². The monoisotopic (exact) mass is 611 g/mol. The van der Waals surface area contributed by atoms with Gasteiger partial charge in [0.1, 0.15) is 23.6 Å². The van der Waals surface area contributed by atoms with Gasteiger partial charge in [-0.2, -0.15) is 5.10 Å². The first kappa shape index (κ1) is 33.1. The molecule has 1 saturated heterocycles. The molecule has 2 fully saturated rings. The quantitative estimate of drug-likeness (QED) is 0.358. The van der Waals surface area contributed by atoms with Crippen molar-refractivity contribution in [1.82, 2.24) is 30.2 Å². The van der Waals surface area contributed by atoms with E-state index in [1.807, 2.05) is 20.9 Å². The maximum Gasteiger partial charge on any atom is 0.270 e. The number of carbonyl (C=O) groups excluding carboxylic acids is 4. The van der Waals surface area contributed by atoms with E-state index in [0.717, 1.165) is 45.2 Å². The van der Waals surface area contributed by atoms with Gasteiger partial charge in [0.15, 0.2) is 0 Å². The minimum atomic E-state index is -0.841. The van der Waals surface area contributed by atoms with Gasteiger partial charge >= 0.3 is 0 Å². The summed E-state index contributed by atoms with van der Waals surface area (Å²) < 4.78 is 17.0. The van der Waals surface area contributed by atoms with Gasteiger partial charge in [0.05, 0.1) is 5.69 Å². The number of piperazine rings is 1. The molecule has 0 bridgehead atoms. The summed E-state index contributed by atoms with van der Waals surface area (Å²) in [6.07, 6.45) is 6.46. The molecule has 0 radical (unpaired) electrons. The van der Waals surface area contributed by atoms with Gasteiger partial charge in [-0.1, -0.05) is 32.3 Å². The molecule has 1 aliphatic carbocycles. The molecular weight excluding hydrogens is 565 g/mol. The van der Waals surface area contributed by atoms with Crippen molar-refractivity contribution in [3.05, 3.63) is 47.5 Å². The van der Waals surface area contributed by atoms with Crippen LogP contribution in [0.4, 0.5) is 10.1 Å². The molecule has 1 aromatic carbocycles. The van der Waals surface area contributed by atoms with Gasteiger partial charge in [-0.3, -0.25) is 23.9 Å². The molecule has 1 aromatic heterocycles. The Hall–Kier alpha value is -3.80. The number of anilines is 1. The second-order valence-corrected chi connectivity index (χ2v) is 12.2. The van der Waals surface area contributed by atoms with E-state index in [4.69, 9.17) is 0 Å². The van der Waals surface area contributed by atoms with Crippen molar-refractivity contribution >= 4 is 29.3 Å². The average Bonchev–Trinajstić information content (AvgIpc) is 3.52. The summed E-state index contributed by atoms with van der Waals surface area (Å²) in [7, 11) is 2.00. The number of halogens is 1. The van der Waals surface area contributed by atoms with E-state index in [0.29, 0.717) is 24.3 Å². The first-order chi connectivity index (χ1) is 21.1.